The van der Waals surface area contributed by atoms with Crippen LogP contribution < -0.4 is 22.0 Å². The molecule has 3 N–H and O–H groups in total. The zero-order chi connectivity index (χ0) is 23.0. The molecule has 2 aliphatic rings. The van der Waals surface area contributed by atoms with Gasteiger partial charge in [0.05, 0.1) is 11.3 Å². The van der Waals surface area contributed by atoms with E-state index in [0.29, 0.717) is 22.0 Å². The third-order valence-electron chi connectivity index (χ3n) is 6.80. The van der Waals surface area contributed by atoms with Gasteiger partial charge in [-0.05, 0) is 43.0 Å². The highest BCUT2D eigenvalue weighted by atomic mass is 35.5. The molecule has 7 nitrogen and oxygen atoms in total. The fraction of sp³-hybridized carbons (Fsp3) is 0.320. The van der Waals surface area contributed by atoms with Gasteiger partial charge in [0.15, 0.2) is 0 Å². The maximum absolute atomic E-state index is 13.8. The number of anilines is 1. The van der Waals surface area contributed by atoms with Crippen LogP contribution >= 0.6 is 11.6 Å². The molecular formula is C25H25ClN4O3. The molecule has 8 heteroatoms. The monoisotopic (exact) mass is 464 g/mol. The maximum Gasteiger partial charge on any atom is 0.348 e. The van der Waals surface area contributed by atoms with Gasteiger partial charge < -0.3 is 10.3 Å². The first-order chi connectivity index (χ1) is 16.0. The summed E-state index contributed by atoms with van der Waals surface area (Å²) in [5.74, 6) is 0. The van der Waals surface area contributed by atoms with Crippen LogP contribution in [0.4, 0.5) is 10.5 Å². The molecule has 0 bridgehead atoms. The molecule has 1 fully saturated rings. The highest BCUT2D eigenvalue weighted by Crippen LogP contribution is 2.47. The molecule has 1 spiro atoms. The number of aromatic nitrogens is 2. The van der Waals surface area contributed by atoms with Crippen molar-refractivity contribution in [3.8, 4) is 11.3 Å². The van der Waals surface area contributed by atoms with Crippen LogP contribution in [-0.2, 0) is 11.8 Å². The SMILES string of the molecule is O=C(Nc1cccc(Cl)c1)Nn1c(=O)[nH]c2c(c1=O)C1(CCCCCC1)Cc1ccccc1-2. The van der Waals surface area contributed by atoms with E-state index in [0.717, 1.165) is 60.7 Å². The van der Waals surface area contributed by atoms with Gasteiger partial charge in [-0.15, -0.1) is 0 Å². The van der Waals surface area contributed by atoms with Crippen LogP contribution in [0.1, 0.15) is 49.7 Å². The average Bonchev–Trinajstić information content (AvgIpc) is 3.02. The number of fused-ring (bicyclic) bond motifs is 4. The van der Waals surface area contributed by atoms with E-state index in [9.17, 15) is 14.4 Å². The first-order valence-corrected chi connectivity index (χ1v) is 11.7. The summed E-state index contributed by atoms with van der Waals surface area (Å²) in [5.41, 5.74) is 4.60. The van der Waals surface area contributed by atoms with Crippen LogP contribution in [0.15, 0.2) is 58.1 Å². The highest BCUT2D eigenvalue weighted by molar-refractivity contribution is 6.30. The lowest BCUT2D eigenvalue weighted by Crippen LogP contribution is -2.50. The van der Waals surface area contributed by atoms with E-state index in [-0.39, 0.29) is 5.41 Å². The van der Waals surface area contributed by atoms with Crippen molar-refractivity contribution in [3.05, 3.63) is 85.5 Å². The van der Waals surface area contributed by atoms with Crippen molar-refractivity contribution in [2.75, 3.05) is 10.7 Å². The van der Waals surface area contributed by atoms with Gasteiger partial charge in [-0.25, -0.2) is 15.0 Å². The zero-order valence-electron chi connectivity index (χ0n) is 18.1. The molecule has 2 aromatic carbocycles. The Morgan fingerprint density at radius 2 is 1.76 bits per heavy atom. The third-order valence-corrected chi connectivity index (χ3v) is 7.04. The topological polar surface area (TPSA) is 96.0 Å². The molecule has 1 heterocycles. The molecule has 33 heavy (non-hydrogen) atoms. The normalized spacial score (nSPS) is 16.4. The molecule has 1 saturated carbocycles. The van der Waals surface area contributed by atoms with Crippen molar-refractivity contribution in [1.82, 2.24) is 9.66 Å². The van der Waals surface area contributed by atoms with E-state index >= 15 is 0 Å². The van der Waals surface area contributed by atoms with E-state index in [4.69, 9.17) is 11.6 Å². The second-order valence-electron chi connectivity index (χ2n) is 8.93. The lowest BCUT2D eigenvalue weighted by Gasteiger charge is -2.38. The number of halogens is 1. The molecule has 2 aliphatic carbocycles. The molecule has 170 valence electrons. The summed E-state index contributed by atoms with van der Waals surface area (Å²) in [5, 5.41) is 3.08. The summed E-state index contributed by atoms with van der Waals surface area (Å²) in [4.78, 5) is 42.2. The number of urea groups is 1. The summed E-state index contributed by atoms with van der Waals surface area (Å²) in [6.45, 7) is 0. The number of nitrogens with one attached hydrogen (secondary N) is 3. The van der Waals surface area contributed by atoms with E-state index in [2.05, 4.69) is 21.8 Å². The average molecular weight is 465 g/mol. The standard InChI is InChI=1S/C25H25ClN4O3/c26-17-9-7-10-18(14-17)27-23(32)29-30-22(31)20-21(28-24(30)33)19-11-4-3-8-16(19)15-25(20)12-5-1-2-6-13-25/h3-4,7-11,14H,1-2,5-6,12-13,15H2,(H,28,33)(H2,27,29,32). The van der Waals surface area contributed by atoms with E-state index in [1.807, 2.05) is 18.2 Å². The molecule has 1 aromatic heterocycles. The zero-order valence-corrected chi connectivity index (χ0v) is 18.9. The van der Waals surface area contributed by atoms with Crippen LogP contribution in [0.5, 0.6) is 0 Å². The molecule has 0 aliphatic heterocycles. The number of nitrogens with zero attached hydrogens (tertiary/aromatic N) is 1. The summed E-state index contributed by atoms with van der Waals surface area (Å²) in [6.07, 6.45) is 6.85. The molecule has 0 saturated heterocycles. The van der Waals surface area contributed by atoms with Crippen molar-refractivity contribution in [1.29, 1.82) is 0 Å². The van der Waals surface area contributed by atoms with Gasteiger partial charge in [-0.3, -0.25) is 4.79 Å². The van der Waals surface area contributed by atoms with Gasteiger partial charge in [-0.1, -0.05) is 67.6 Å². The van der Waals surface area contributed by atoms with E-state index in [1.165, 1.54) is 0 Å². The minimum Gasteiger partial charge on any atom is -0.307 e. The van der Waals surface area contributed by atoms with E-state index < -0.39 is 17.3 Å². The number of hydrogen-bond donors (Lipinski definition) is 3. The van der Waals surface area contributed by atoms with Gasteiger partial charge in [0.1, 0.15) is 0 Å². The Balaban J connectivity index is 1.59. The number of hydrogen-bond acceptors (Lipinski definition) is 3. The first kappa shape index (κ1) is 21.5. The summed E-state index contributed by atoms with van der Waals surface area (Å²) in [7, 11) is 0. The second-order valence-corrected chi connectivity index (χ2v) is 9.36. The number of aromatic amines is 1. The van der Waals surface area contributed by atoms with Crippen LogP contribution in [0, 0.1) is 0 Å². The number of H-pyrrole nitrogens is 1. The fourth-order valence-corrected chi connectivity index (χ4v) is 5.55. The Hall–Kier alpha value is -3.32. The van der Waals surface area contributed by atoms with Crippen LogP contribution in [0.25, 0.3) is 11.3 Å². The minimum absolute atomic E-state index is 0.353. The predicted molar refractivity (Wildman–Crippen MR) is 130 cm³/mol. The Bertz CT molecular complexity index is 1340. The van der Waals surface area contributed by atoms with Gasteiger partial charge in [0.25, 0.3) is 5.56 Å². The number of rotatable bonds is 2. The second kappa shape index (κ2) is 8.56. The quantitative estimate of drug-likeness (QED) is 0.509. The van der Waals surface area contributed by atoms with E-state index in [1.54, 1.807) is 24.3 Å². The number of carbonyl (C=O) groups excluding carboxylic acids is 1. The van der Waals surface area contributed by atoms with Crippen molar-refractivity contribution in [2.45, 2.75) is 50.4 Å². The Morgan fingerprint density at radius 3 is 2.52 bits per heavy atom. The fourth-order valence-electron chi connectivity index (χ4n) is 5.36. The predicted octanol–water partition coefficient (Wildman–Crippen LogP) is 4.78. The molecule has 2 amide bonds. The maximum atomic E-state index is 13.8. The smallest absolute Gasteiger partial charge is 0.307 e. The van der Waals surface area contributed by atoms with Crippen LogP contribution in [0.3, 0.4) is 0 Å². The summed E-state index contributed by atoms with van der Waals surface area (Å²) in [6, 6.07) is 13.9. The molecule has 0 radical (unpaired) electrons. The van der Waals surface area contributed by atoms with Gasteiger partial charge >= 0.3 is 11.7 Å². The number of amides is 2. The number of benzene rings is 2. The van der Waals surface area contributed by atoms with Crippen molar-refractivity contribution < 1.29 is 4.79 Å². The third kappa shape index (κ3) is 3.97. The highest BCUT2D eigenvalue weighted by Gasteiger charge is 2.42. The summed E-state index contributed by atoms with van der Waals surface area (Å²) < 4.78 is 0.791. The van der Waals surface area contributed by atoms with Crippen LogP contribution in [0.2, 0.25) is 5.02 Å². The van der Waals surface area contributed by atoms with Gasteiger partial charge in [0, 0.05) is 21.7 Å². The molecular weight excluding hydrogens is 440 g/mol. The molecule has 5 rings (SSSR count). The molecule has 0 atom stereocenters. The lowest BCUT2D eigenvalue weighted by atomic mass is 9.65. The Kier molecular flexibility index (Phi) is 5.58. The lowest BCUT2D eigenvalue weighted by molar-refractivity contribution is 0.259. The summed E-state index contributed by atoms with van der Waals surface area (Å²) >= 11 is 5.97. The Labute approximate surface area is 195 Å². The molecule has 3 aromatic rings. The van der Waals surface area contributed by atoms with Crippen molar-refractivity contribution >= 4 is 23.3 Å². The van der Waals surface area contributed by atoms with Gasteiger partial charge in [0.2, 0.25) is 0 Å². The van der Waals surface area contributed by atoms with Crippen molar-refractivity contribution in [3.63, 3.8) is 0 Å². The molecule has 0 unspecified atom stereocenters. The largest absolute Gasteiger partial charge is 0.348 e. The van der Waals surface area contributed by atoms with Gasteiger partial charge in [-0.2, -0.15) is 4.68 Å². The van der Waals surface area contributed by atoms with Crippen LogP contribution in [-0.4, -0.2) is 15.7 Å². The minimum atomic E-state index is -0.698. The van der Waals surface area contributed by atoms with Crippen molar-refractivity contribution in [2.24, 2.45) is 0 Å². The Morgan fingerprint density at radius 1 is 1.00 bits per heavy atom. The number of carbonyl (C=O) groups is 1. The first-order valence-electron chi connectivity index (χ1n) is 11.3.